The molecule has 4 fully saturated rings. The molecule has 0 saturated heterocycles. The van der Waals surface area contributed by atoms with Crippen molar-refractivity contribution in [1.29, 1.82) is 0 Å². The Labute approximate surface area is 252 Å². The van der Waals surface area contributed by atoms with Crippen LogP contribution in [0.25, 0.3) is 0 Å². The van der Waals surface area contributed by atoms with Crippen molar-refractivity contribution >= 4 is 17.8 Å². The van der Waals surface area contributed by atoms with Gasteiger partial charge in [0.2, 0.25) is 0 Å². The monoisotopic (exact) mass is 572 g/mol. The molecule has 0 amide bonds. The molecule has 0 radical (unpaired) electrons. The molecule has 4 aliphatic rings. The first-order valence-corrected chi connectivity index (χ1v) is 19.2. The van der Waals surface area contributed by atoms with Crippen LogP contribution in [0.5, 0.6) is 0 Å². The van der Waals surface area contributed by atoms with Crippen molar-refractivity contribution < 1.29 is 4.57 Å². The minimum Gasteiger partial charge on any atom is -0.313 e. The molecule has 6 rings (SSSR count). The van der Waals surface area contributed by atoms with Crippen LogP contribution < -0.4 is 10.6 Å². The third-order valence-electron chi connectivity index (χ3n) is 13.6. The van der Waals surface area contributed by atoms with E-state index < -0.39 is 7.14 Å². The molecular weight excluding hydrogens is 515 g/mol. The summed E-state index contributed by atoms with van der Waals surface area (Å²) in [5.41, 5.74) is 1.27. The summed E-state index contributed by atoms with van der Waals surface area (Å²) in [7, 11) is -2.69. The standard InChI is InChI=1S/C39H57OP/c1-28(2)13-12-14-29(3)35-21-22-36-34-20-19-30-27-33(23-25-38(30,4)37(34)24-26-39(35,36)5)41(40,31-15-8-6-9-16-31)32-17-10-7-11-18-32/h6-11,15-18,28-30,33-37H,12-14,19-27H2,1-5H3/t29-,30+,33+,34-,35+,36-,37-,38+,39-/m1/s1. The lowest BCUT2D eigenvalue weighted by atomic mass is 9.44. The molecule has 2 aromatic rings. The summed E-state index contributed by atoms with van der Waals surface area (Å²) in [6.07, 6.45) is 16.4. The summed E-state index contributed by atoms with van der Waals surface area (Å²) in [4.78, 5) is 0. The number of benzene rings is 2. The second kappa shape index (κ2) is 11.6. The van der Waals surface area contributed by atoms with Gasteiger partial charge in [0.25, 0.3) is 0 Å². The van der Waals surface area contributed by atoms with Gasteiger partial charge in [0.1, 0.15) is 7.14 Å². The van der Waals surface area contributed by atoms with E-state index in [0.29, 0.717) is 10.8 Å². The zero-order chi connectivity index (χ0) is 28.8. The predicted octanol–water partition coefficient (Wildman–Crippen LogP) is 10.5. The van der Waals surface area contributed by atoms with Crippen LogP contribution in [0.15, 0.2) is 60.7 Å². The minimum absolute atomic E-state index is 0.276. The fourth-order valence-corrected chi connectivity index (χ4v) is 14.9. The summed E-state index contributed by atoms with van der Waals surface area (Å²) in [5, 5.41) is 2.14. The van der Waals surface area contributed by atoms with Gasteiger partial charge in [-0.05, 0) is 110 Å². The average Bonchev–Trinajstić information content (AvgIpc) is 3.34. The molecule has 0 aliphatic heterocycles. The Kier molecular flexibility index (Phi) is 8.44. The number of rotatable bonds is 8. The van der Waals surface area contributed by atoms with Gasteiger partial charge in [0.15, 0.2) is 0 Å². The van der Waals surface area contributed by atoms with Crippen LogP contribution in [0.2, 0.25) is 0 Å². The highest BCUT2D eigenvalue weighted by atomic mass is 31.2. The maximum absolute atomic E-state index is 15.2. The van der Waals surface area contributed by atoms with E-state index in [1.54, 1.807) is 0 Å². The van der Waals surface area contributed by atoms with Crippen molar-refractivity contribution in [2.75, 3.05) is 0 Å². The molecule has 224 valence electrons. The Bertz CT molecular complexity index is 1160. The van der Waals surface area contributed by atoms with Crippen LogP contribution in [-0.2, 0) is 4.57 Å². The lowest BCUT2D eigenvalue weighted by molar-refractivity contribution is -0.113. The second-order valence-electron chi connectivity index (χ2n) is 15.9. The van der Waals surface area contributed by atoms with E-state index in [1.807, 2.05) is 0 Å². The topological polar surface area (TPSA) is 17.1 Å². The van der Waals surface area contributed by atoms with Gasteiger partial charge < -0.3 is 4.57 Å². The van der Waals surface area contributed by atoms with Crippen molar-refractivity contribution in [2.45, 2.75) is 117 Å². The van der Waals surface area contributed by atoms with Gasteiger partial charge in [0, 0.05) is 16.3 Å². The Morgan fingerprint density at radius 2 is 1.34 bits per heavy atom. The molecule has 0 aromatic heterocycles. The van der Waals surface area contributed by atoms with Crippen molar-refractivity contribution in [3.63, 3.8) is 0 Å². The van der Waals surface area contributed by atoms with E-state index in [9.17, 15) is 0 Å². The molecular formula is C39H57OP. The summed E-state index contributed by atoms with van der Waals surface area (Å²) in [6, 6.07) is 21.0. The number of hydrogen-bond acceptors (Lipinski definition) is 1. The second-order valence-corrected chi connectivity index (χ2v) is 19.0. The van der Waals surface area contributed by atoms with E-state index in [-0.39, 0.29) is 5.66 Å². The van der Waals surface area contributed by atoms with Crippen molar-refractivity contribution in [2.24, 2.45) is 52.3 Å². The molecule has 4 aliphatic carbocycles. The van der Waals surface area contributed by atoms with Gasteiger partial charge in [-0.25, -0.2) is 0 Å². The molecule has 9 atom stereocenters. The van der Waals surface area contributed by atoms with Gasteiger partial charge in [-0.2, -0.15) is 0 Å². The van der Waals surface area contributed by atoms with Crippen molar-refractivity contribution in [1.82, 2.24) is 0 Å². The highest BCUT2D eigenvalue weighted by molar-refractivity contribution is 7.79. The van der Waals surface area contributed by atoms with Crippen LogP contribution in [0, 0.1) is 52.3 Å². The van der Waals surface area contributed by atoms with Gasteiger partial charge in [-0.1, -0.05) is 115 Å². The fraction of sp³-hybridized carbons (Fsp3) is 0.692. The molecule has 2 aromatic carbocycles. The third-order valence-corrected chi connectivity index (χ3v) is 17.3. The van der Waals surface area contributed by atoms with Gasteiger partial charge in [-0.15, -0.1) is 0 Å². The maximum atomic E-state index is 15.2. The largest absolute Gasteiger partial charge is 0.313 e. The molecule has 41 heavy (non-hydrogen) atoms. The van der Waals surface area contributed by atoms with Crippen LogP contribution in [0.4, 0.5) is 0 Å². The molecule has 0 N–H and O–H groups in total. The van der Waals surface area contributed by atoms with E-state index >= 15 is 4.57 Å². The fourth-order valence-electron chi connectivity index (χ4n) is 11.5. The molecule has 2 heteroatoms. The molecule has 0 unspecified atom stereocenters. The SMILES string of the molecule is CC(C)CCC[C@@H](C)[C@@H]1CC[C@@H]2[C@H]3CC[C@H]4C[C@@H](P(=O)(c5ccccc5)c5ccccc5)CC[C@]4(C)[C@@H]3CC[C@@]21C. The lowest BCUT2D eigenvalue weighted by Gasteiger charge is -2.61. The zero-order valence-corrected chi connectivity index (χ0v) is 27.6. The maximum Gasteiger partial charge on any atom is 0.146 e. The van der Waals surface area contributed by atoms with E-state index in [2.05, 4.69) is 95.3 Å². The summed E-state index contributed by atoms with van der Waals surface area (Å²) in [6.45, 7) is 12.8. The van der Waals surface area contributed by atoms with E-state index in [0.717, 1.165) is 64.9 Å². The Morgan fingerprint density at radius 3 is 1.98 bits per heavy atom. The van der Waals surface area contributed by atoms with Gasteiger partial charge in [-0.3, -0.25) is 0 Å². The first-order chi connectivity index (χ1) is 19.7. The third kappa shape index (κ3) is 5.13. The smallest absolute Gasteiger partial charge is 0.146 e. The van der Waals surface area contributed by atoms with Gasteiger partial charge in [0.05, 0.1) is 0 Å². The van der Waals surface area contributed by atoms with Crippen molar-refractivity contribution in [3.8, 4) is 0 Å². The first kappa shape index (κ1) is 29.7. The average molecular weight is 573 g/mol. The Morgan fingerprint density at radius 1 is 0.732 bits per heavy atom. The Balaban J connectivity index is 1.20. The van der Waals surface area contributed by atoms with Crippen LogP contribution in [-0.4, -0.2) is 5.66 Å². The molecule has 4 saturated carbocycles. The van der Waals surface area contributed by atoms with Gasteiger partial charge >= 0.3 is 0 Å². The van der Waals surface area contributed by atoms with Crippen molar-refractivity contribution in [3.05, 3.63) is 60.7 Å². The summed E-state index contributed by atoms with van der Waals surface area (Å²) < 4.78 is 15.2. The first-order valence-electron chi connectivity index (χ1n) is 17.4. The zero-order valence-electron chi connectivity index (χ0n) is 26.7. The predicted molar refractivity (Wildman–Crippen MR) is 177 cm³/mol. The number of hydrogen-bond donors (Lipinski definition) is 0. The van der Waals surface area contributed by atoms with E-state index in [4.69, 9.17) is 0 Å². The minimum atomic E-state index is -2.69. The normalized spacial score (nSPS) is 37.7. The van der Waals surface area contributed by atoms with Crippen LogP contribution in [0.1, 0.15) is 112 Å². The van der Waals surface area contributed by atoms with Crippen LogP contribution in [0.3, 0.4) is 0 Å². The highest BCUT2D eigenvalue weighted by Gasteiger charge is 2.61. The number of fused-ring (bicyclic) bond motifs is 5. The molecule has 1 nitrogen and oxygen atoms in total. The van der Waals surface area contributed by atoms with E-state index in [1.165, 1.54) is 64.2 Å². The van der Waals surface area contributed by atoms with Crippen LogP contribution >= 0.6 is 7.14 Å². The molecule has 0 heterocycles. The Hall–Kier alpha value is -1.33. The highest BCUT2D eigenvalue weighted by Crippen LogP contribution is 2.70. The summed E-state index contributed by atoms with van der Waals surface area (Å²) in [5.74, 6) is 6.12. The lowest BCUT2D eigenvalue weighted by Crippen LogP contribution is -2.54. The molecule has 0 bridgehead atoms. The molecule has 0 spiro atoms. The summed E-state index contributed by atoms with van der Waals surface area (Å²) >= 11 is 0. The quantitative estimate of drug-likeness (QED) is 0.288.